The molecular weight excluding hydrogens is 612 g/mol. The number of hydrogen-bond acceptors (Lipinski definition) is 8. The Labute approximate surface area is 299 Å². The number of carboxylic acids is 4. The summed E-state index contributed by atoms with van der Waals surface area (Å²) in [5.41, 5.74) is 0. The van der Waals surface area contributed by atoms with Crippen molar-refractivity contribution in [1.29, 1.82) is 0 Å². The maximum Gasteiger partial charge on any atom is 2.00 e. The van der Waals surface area contributed by atoms with Crippen molar-refractivity contribution in [2.75, 3.05) is 52.5 Å². The topological polar surface area (TPSA) is 195 Å². The van der Waals surface area contributed by atoms with Crippen molar-refractivity contribution in [2.45, 2.75) is 104 Å². The van der Waals surface area contributed by atoms with Gasteiger partial charge in [-0.15, -0.1) is 0 Å². The van der Waals surface area contributed by atoms with E-state index in [0.29, 0.717) is 13.1 Å². The maximum absolute atomic E-state index is 10.8. The molecular formula is C32H58CaN2O10+2. The number of aliphatic hydroxyl groups is 2. The molecule has 0 heterocycles. The van der Waals surface area contributed by atoms with E-state index in [-0.39, 0.29) is 112 Å². The number of carboxylic acid groups (broad SMARTS) is 4. The molecule has 2 atom stereocenters. The smallest absolute Gasteiger partial charge is 0.550 e. The molecule has 12 nitrogen and oxygen atoms in total. The molecule has 2 unspecified atom stereocenters. The standard InChI is InChI=1S/2C16H29NO5.Ca/c2*1-2-3-4-5-6-7-10-17(13-14-18,11-8-15(19)20)12-9-16(21)22;/h2*7,10,18H,2-6,8-9,11-14H2,1H3,(H-,19,20,21,22);/q;;+2/b2*10-7+;. The van der Waals surface area contributed by atoms with Gasteiger partial charge in [0.25, 0.3) is 0 Å². The van der Waals surface area contributed by atoms with E-state index in [1.165, 1.54) is 25.7 Å². The second-order valence-electron chi connectivity index (χ2n) is 11.2. The molecule has 0 spiro atoms. The van der Waals surface area contributed by atoms with Crippen molar-refractivity contribution in [3.63, 3.8) is 0 Å². The van der Waals surface area contributed by atoms with Crippen molar-refractivity contribution in [1.82, 2.24) is 0 Å². The van der Waals surface area contributed by atoms with Gasteiger partial charge in [-0.2, -0.15) is 0 Å². The van der Waals surface area contributed by atoms with E-state index < -0.39 is 23.9 Å². The maximum atomic E-state index is 10.8. The van der Waals surface area contributed by atoms with Crippen LogP contribution in [0.15, 0.2) is 24.6 Å². The van der Waals surface area contributed by atoms with Crippen molar-refractivity contribution >= 4 is 61.6 Å². The van der Waals surface area contributed by atoms with Crippen molar-refractivity contribution < 1.29 is 58.8 Å². The van der Waals surface area contributed by atoms with Gasteiger partial charge < -0.3 is 40.2 Å². The Morgan fingerprint density at radius 2 is 0.889 bits per heavy atom. The number of rotatable bonds is 28. The first-order valence-electron chi connectivity index (χ1n) is 16.0. The van der Waals surface area contributed by atoms with Gasteiger partial charge in [0.1, 0.15) is 13.1 Å². The van der Waals surface area contributed by atoms with Crippen LogP contribution in [0.4, 0.5) is 0 Å². The predicted octanol–water partition coefficient (Wildman–Crippen LogP) is 1.41. The summed E-state index contributed by atoms with van der Waals surface area (Å²) in [5.74, 6) is -4.17. The van der Waals surface area contributed by atoms with E-state index in [4.69, 9.17) is 10.2 Å². The van der Waals surface area contributed by atoms with Gasteiger partial charge in [0.05, 0.1) is 64.6 Å². The minimum atomic E-state index is -1.16. The van der Waals surface area contributed by atoms with Crippen LogP contribution in [0.5, 0.6) is 0 Å². The fourth-order valence-electron chi connectivity index (χ4n) is 4.76. The van der Waals surface area contributed by atoms with Gasteiger partial charge in [-0.25, -0.2) is 0 Å². The van der Waals surface area contributed by atoms with Crippen molar-refractivity contribution in [2.24, 2.45) is 0 Å². The molecule has 256 valence electrons. The van der Waals surface area contributed by atoms with Crippen LogP contribution in [-0.4, -0.2) is 143 Å². The number of unbranched alkanes of at least 4 members (excludes halogenated alkanes) is 8. The summed E-state index contributed by atoms with van der Waals surface area (Å²) in [6.45, 7) is 5.69. The number of allylic oxidation sites excluding steroid dienone is 2. The first-order chi connectivity index (χ1) is 20.9. The Kier molecular flexibility index (Phi) is 33.1. The average Bonchev–Trinajstić information content (AvgIpc) is 2.96. The monoisotopic (exact) mass is 670 g/mol. The Morgan fingerprint density at radius 1 is 0.556 bits per heavy atom. The molecule has 45 heavy (non-hydrogen) atoms. The molecule has 0 bridgehead atoms. The molecule has 13 heteroatoms. The second-order valence-corrected chi connectivity index (χ2v) is 11.2. The van der Waals surface area contributed by atoms with E-state index >= 15 is 0 Å². The predicted molar refractivity (Wildman–Crippen MR) is 169 cm³/mol. The Bertz CT molecular complexity index is 748. The Morgan fingerprint density at radius 3 is 1.16 bits per heavy atom. The SMILES string of the molecule is CCCCCC/C=C/[N+](CCO)(CCC(=O)[O-])CCC(=O)O.CCCCCC/C=C/[N+](CCO)(CCC(=O)[O-])CCC(=O)O.[Ca+2]. The summed E-state index contributed by atoms with van der Waals surface area (Å²) in [6, 6.07) is 0. The third kappa shape index (κ3) is 29.6. The van der Waals surface area contributed by atoms with Gasteiger partial charge in [0, 0.05) is 24.8 Å². The average molecular weight is 671 g/mol. The summed E-state index contributed by atoms with van der Waals surface area (Å²) in [7, 11) is 0. The normalized spacial score (nSPS) is 13.8. The van der Waals surface area contributed by atoms with Crippen molar-refractivity contribution in [3.05, 3.63) is 24.6 Å². The van der Waals surface area contributed by atoms with E-state index in [0.717, 1.165) is 38.5 Å². The van der Waals surface area contributed by atoms with Crippen LogP contribution >= 0.6 is 0 Å². The van der Waals surface area contributed by atoms with Crippen LogP contribution in [0.1, 0.15) is 104 Å². The summed E-state index contributed by atoms with van der Waals surface area (Å²) < 4.78 is 0.342. The Balaban J connectivity index is -0.000000767. The molecule has 0 amide bonds. The van der Waals surface area contributed by atoms with Crippen LogP contribution in [0.25, 0.3) is 0 Å². The third-order valence-electron chi connectivity index (χ3n) is 7.45. The number of quaternary nitrogens is 2. The number of aliphatic hydroxyl groups excluding tert-OH is 2. The van der Waals surface area contributed by atoms with Crippen LogP contribution in [0.2, 0.25) is 0 Å². The van der Waals surface area contributed by atoms with Gasteiger partial charge in [-0.05, 0) is 37.8 Å². The van der Waals surface area contributed by atoms with E-state index in [9.17, 15) is 39.6 Å². The van der Waals surface area contributed by atoms with Crippen LogP contribution < -0.4 is 10.2 Å². The zero-order chi connectivity index (χ0) is 33.7. The van der Waals surface area contributed by atoms with Gasteiger partial charge in [-0.1, -0.05) is 52.4 Å². The van der Waals surface area contributed by atoms with E-state index in [1.54, 1.807) is 0 Å². The third-order valence-corrected chi connectivity index (χ3v) is 7.45. The quantitative estimate of drug-likeness (QED) is 0.0537. The molecule has 0 fully saturated rings. The molecule has 0 radical (unpaired) electrons. The summed E-state index contributed by atoms with van der Waals surface area (Å²) in [5, 5.41) is 57.6. The molecule has 4 N–H and O–H groups in total. The number of hydrogen-bond donors (Lipinski definition) is 4. The van der Waals surface area contributed by atoms with E-state index in [1.807, 2.05) is 24.6 Å². The van der Waals surface area contributed by atoms with Gasteiger partial charge in [0.15, 0.2) is 0 Å². The van der Waals surface area contributed by atoms with Gasteiger partial charge in [0.2, 0.25) is 0 Å². The minimum absolute atomic E-state index is 0. The summed E-state index contributed by atoms with van der Waals surface area (Å²) >= 11 is 0. The summed E-state index contributed by atoms with van der Waals surface area (Å²) in [6.07, 6.45) is 18.1. The molecule has 0 saturated heterocycles. The number of carbonyl (C=O) groups is 4. The Hall–Kier alpha value is -1.54. The molecule has 0 aromatic heterocycles. The van der Waals surface area contributed by atoms with Crippen LogP contribution in [-0.2, 0) is 19.2 Å². The van der Waals surface area contributed by atoms with Crippen LogP contribution in [0, 0.1) is 0 Å². The summed E-state index contributed by atoms with van der Waals surface area (Å²) in [4.78, 5) is 43.0. The number of nitrogens with zero attached hydrogens (tertiary/aromatic N) is 2. The zero-order valence-corrected chi connectivity index (χ0v) is 29.9. The fourth-order valence-corrected chi connectivity index (χ4v) is 4.76. The molecule has 0 aromatic carbocycles. The van der Waals surface area contributed by atoms with Gasteiger partial charge in [-0.3, -0.25) is 18.6 Å². The van der Waals surface area contributed by atoms with E-state index in [2.05, 4.69) is 13.8 Å². The molecule has 0 aliphatic rings. The second kappa shape index (κ2) is 31.1. The largest absolute Gasteiger partial charge is 2.00 e. The molecule has 0 aliphatic carbocycles. The van der Waals surface area contributed by atoms with Crippen molar-refractivity contribution in [3.8, 4) is 0 Å². The molecule has 0 aromatic rings. The van der Waals surface area contributed by atoms with Crippen LogP contribution in [0.3, 0.4) is 0 Å². The zero-order valence-electron chi connectivity index (χ0n) is 27.7. The molecule has 0 aliphatic heterocycles. The number of carbonyl (C=O) groups excluding carboxylic acids is 2. The first kappa shape index (κ1) is 47.9. The minimum Gasteiger partial charge on any atom is -0.550 e. The fraction of sp³-hybridized carbons (Fsp3) is 0.750. The molecule has 0 saturated carbocycles. The van der Waals surface area contributed by atoms with Gasteiger partial charge >= 0.3 is 49.7 Å². The number of aliphatic carboxylic acids is 4. The first-order valence-corrected chi connectivity index (χ1v) is 16.0. The molecule has 0 rings (SSSR count).